The van der Waals surface area contributed by atoms with E-state index in [9.17, 15) is 8.42 Å². The van der Waals surface area contributed by atoms with Crippen LogP contribution in [0.3, 0.4) is 0 Å². The molecule has 1 unspecified atom stereocenters. The average molecular weight is 307 g/mol. The van der Waals surface area contributed by atoms with Crippen LogP contribution in [0.25, 0.3) is 0 Å². The molecule has 0 aliphatic heterocycles. The van der Waals surface area contributed by atoms with Gasteiger partial charge in [0.15, 0.2) is 9.84 Å². The van der Waals surface area contributed by atoms with Crippen LogP contribution in [0.15, 0.2) is 41.6 Å². The normalized spacial score (nSPS) is 13.3. The molecule has 2 rings (SSSR count). The molecule has 1 aromatic carbocycles. The Balaban J connectivity index is 2.25. The van der Waals surface area contributed by atoms with E-state index in [1.807, 2.05) is 37.1 Å². The predicted molar refractivity (Wildman–Crippen MR) is 83.0 cm³/mol. The molecule has 6 heteroatoms. The number of aryl methyl sites for hydroxylation is 1. The van der Waals surface area contributed by atoms with Crippen molar-refractivity contribution in [3.8, 4) is 0 Å². The Morgan fingerprint density at radius 1 is 1.38 bits per heavy atom. The molecule has 1 atom stereocenters. The molecule has 114 valence electrons. The maximum absolute atomic E-state index is 11.7. The molecule has 2 aromatic rings. The topological polar surface area (TPSA) is 64.0 Å². The quantitative estimate of drug-likeness (QED) is 0.884. The summed E-state index contributed by atoms with van der Waals surface area (Å²) in [7, 11) is -1.31. The van der Waals surface area contributed by atoms with Crippen molar-refractivity contribution in [2.24, 2.45) is 0 Å². The Hall–Kier alpha value is -1.66. The van der Waals surface area contributed by atoms with E-state index in [1.54, 1.807) is 18.2 Å². The maximum Gasteiger partial charge on any atom is 0.175 e. The third-order valence-corrected chi connectivity index (χ3v) is 4.60. The van der Waals surface area contributed by atoms with Gasteiger partial charge in [0.1, 0.15) is 0 Å². The number of nitrogens with one attached hydrogen (secondary N) is 1. The van der Waals surface area contributed by atoms with Gasteiger partial charge in [0.25, 0.3) is 0 Å². The fourth-order valence-corrected chi connectivity index (χ4v) is 2.94. The summed E-state index contributed by atoms with van der Waals surface area (Å²) in [6, 6.07) is 7.15. The summed E-state index contributed by atoms with van der Waals surface area (Å²) >= 11 is 0. The van der Waals surface area contributed by atoms with Crippen LogP contribution in [0.5, 0.6) is 0 Å². The second-order valence-corrected chi connectivity index (χ2v) is 7.11. The molecule has 0 aliphatic rings. The van der Waals surface area contributed by atoms with Crippen molar-refractivity contribution in [1.82, 2.24) is 15.1 Å². The van der Waals surface area contributed by atoms with Crippen LogP contribution >= 0.6 is 0 Å². The third-order valence-electron chi connectivity index (χ3n) is 3.49. The van der Waals surface area contributed by atoms with Crippen molar-refractivity contribution < 1.29 is 8.42 Å². The first-order chi connectivity index (χ1) is 9.94. The van der Waals surface area contributed by atoms with Gasteiger partial charge in [0, 0.05) is 25.0 Å². The highest BCUT2D eigenvalue weighted by atomic mass is 32.2. The summed E-state index contributed by atoms with van der Waals surface area (Å²) in [6.07, 6.45) is 5.87. The first kappa shape index (κ1) is 15.7. The fraction of sp³-hybridized carbons (Fsp3) is 0.400. The zero-order chi connectivity index (χ0) is 15.5. The van der Waals surface area contributed by atoms with Gasteiger partial charge >= 0.3 is 0 Å². The Morgan fingerprint density at radius 3 is 2.71 bits per heavy atom. The van der Waals surface area contributed by atoms with Crippen LogP contribution in [0, 0.1) is 0 Å². The van der Waals surface area contributed by atoms with E-state index in [0.29, 0.717) is 4.90 Å². The molecule has 0 bridgehead atoms. The Bertz CT molecular complexity index is 707. The van der Waals surface area contributed by atoms with E-state index in [2.05, 4.69) is 10.4 Å². The number of likely N-dealkylation sites (N-methyl/N-ethyl adjacent to an activating group) is 1. The van der Waals surface area contributed by atoms with E-state index in [1.165, 1.54) is 6.26 Å². The first-order valence-electron chi connectivity index (χ1n) is 6.92. The van der Waals surface area contributed by atoms with E-state index >= 15 is 0 Å². The molecule has 5 nitrogen and oxygen atoms in total. The summed E-state index contributed by atoms with van der Waals surface area (Å²) < 4.78 is 25.2. The minimum atomic E-state index is -3.18. The van der Waals surface area contributed by atoms with E-state index in [-0.39, 0.29) is 6.04 Å². The van der Waals surface area contributed by atoms with Crippen molar-refractivity contribution in [2.75, 3.05) is 13.3 Å². The van der Waals surface area contributed by atoms with Crippen LogP contribution in [-0.2, 0) is 22.8 Å². The van der Waals surface area contributed by atoms with Gasteiger partial charge in [0.05, 0.1) is 11.1 Å². The lowest BCUT2D eigenvalue weighted by atomic mass is 10.0. The number of hydrogen-bond acceptors (Lipinski definition) is 4. The zero-order valence-corrected chi connectivity index (χ0v) is 13.4. The second kappa shape index (κ2) is 6.41. The predicted octanol–water partition coefficient (Wildman–Crippen LogP) is 1.81. The van der Waals surface area contributed by atoms with Gasteiger partial charge in [-0.25, -0.2) is 8.42 Å². The lowest BCUT2D eigenvalue weighted by molar-refractivity contribution is 0.586. The number of nitrogens with zero attached hydrogens (tertiary/aromatic N) is 2. The van der Waals surface area contributed by atoms with Gasteiger partial charge in [-0.1, -0.05) is 12.1 Å². The van der Waals surface area contributed by atoms with Crippen LogP contribution < -0.4 is 5.32 Å². The highest BCUT2D eigenvalue weighted by Crippen LogP contribution is 2.21. The van der Waals surface area contributed by atoms with Crippen LogP contribution in [-0.4, -0.2) is 31.5 Å². The highest BCUT2D eigenvalue weighted by Gasteiger charge is 2.14. The van der Waals surface area contributed by atoms with Crippen LogP contribution in [0.1, 0.15) is 24.1 Å². The molecule has 1 N–H and O–H groups in total. The highest BCUT2D eigenvalue weighted by molar-refractivity contribution is 7.90. The van der Waals surface area contributed by atoms with E-state index < -0.39 is 9.84 Å². The number of sulfone groups is 1. The molecule has 1 heterocycles. The number of benzene rings is 1. The summed E-state index contributed by atoms with van der Waals surface area (Å²) in [5.41, 5.74) is 2.09. The zero-order valence-electron chi connectivity index (χ0n) is 12.6. The van der Waals surface area contributed by atoms with Crippen molar-refractivity contribution in [1.29, 1.82) is 0 Å². The largest absolute Gasteiger partial charge is 0.313 e. The maximum atomic E-state index is 11.7. The Labute approximate surface area is 125 Å². The smallest absolute Gasteiger partial charge is 0.175 e. The lowest BCUT2D eigenvalue weighted by Gasteiger charge is -2.16. The molecule has 0 amide bonds. The Morgan fingerprint density at radius 2 is 2.14 bits per heavy atom. The number of hydrogen-bond donors (Lipinski definition) is 1. The molecular formula is C15H21N3O2S. The molecule has 0 spiro atoms. The summed E-state index contributed by atoms with van der Waals surface area (Å²) in [5.74, 6) is 0. The van der Waals surface area contributed by atoms with Gasteiger partial charge < -0.3 is 5.32 Å². The monoisotopic (exact) mass is 307 g/mol. The summed E-state index contributed by atoms with van der Waals surface area (Å²) in [5, 5.41) is 7.51. The van der Waals surface area contributed by atoms with Gasteiger partial charge in [-0.3, -0.25) is 4.68 Å². The lowest BCUT2D eigenvalue weighted by Crippen LogP contribution is -2.19. The molecule has 0 fully saturated rings. The first-order valence-corrected chi connectivity index (χ1v) is 8.81. The molecule has 0 saturated heterocycles. The van der Waals surface area contributed by atoms with Gasteiger partial charge in [0.2, 0.25) is 0 Å². The van der Waals surface area contributed by atoms with Gasteiger partial charge in [-0.05, 0) is 43.7 Å². The van der Waals surface area contributed by atoms with E-state index in [0.717, 1.165) is 24.1 Å². The van der Waals surface area contributed by atoms with Crippen LogP contribution in [0.4, 0.5) is 0 Å². The molecule has 0 aliphatic carbocycles. The fourth-order valence-electron chi connectivity index (χ4n) is 2.27. The molecule has 21 heavy (non-hydrogen) atoms. The second-order valence-electron chi connectivity index (χ2n) is 5.09. The van der Waals surface area contributed by atoms with E-state index in [4.69, 9.17) is 0 Å². The summed E-state index contributed by atoms with van der Waals surface area (Å²) in [4.78, 5) is 0.351. The Kier molecular flexibility index (Phi) is 4.80. The van der Waals surface area contributed by atoms with Crippen molar-refractivity contribution in [3.05, 3.63) is 47.8 Å². The van der Waals surface area contributed by atoms with Crippen LogP contribution in [0.2, 0.25) is 0 Å². The van der Waals surface area contributed by atoms with Gasteiger partial charge in [-0.2, -0.15) is 5.10 Å². The van der Waals surface area contributed by atoms with Crippen molar-refractivity contribution in [3.63, 3.8) is 0 Å². The summed E-state index contributed by atoms with van der Waals surface area (Å²) in [6.45, 7) is 2.88. The standard InChI is InChI=1S/C15H21N3O2S/c1-4-18-11-12(10-17-18)8-15(16-2)13-6-5-7-14(9-13)21(3,19)20/h5-7,9-11,15-16H,4,8H2,1-3H3. The van der Waals surface area contributed by atoms with Gasteiger partial charge in [-0.15, -0.1) is 0 Å². The number of aromatic nitrogens is 2. The average Bonchev–Trinajstić information content (AvgIpc) is 2.91. The minimum Gasteiger partial charge on any atom is -0.313 e. The van der Waals surface area contributed by atoms with Crippen molar-refractivity contribution in [2.45, 2.75) is 30.8 Å². The molecule has 0 radical (unpaired) electrons. The van der Waals surface area contributed by atoms with Crippen molar-refractivity contribution >= 4 is 9.84 Å². The third kappa shape index (κ3) is 3.92. The number of rotatable bonds is 6. The molecule has 1 aromatic heterocycles. The molecular weight excluding hydrogens is 286 g/mol. The molecule has 0 saturated carbocycles. The minimum absolute atomic E-state index is 0.0567. The SMILES string of the molecule is CCn1cc(CC(NC)c2cccc(S(C)(=O)=O)c2)cn1.